The molecule has 0 unspecified atom stereocenters. The Morgan fingerprint density at radius 3 is 2.36 bits per heavy atom. The lowest BCUT2D eigenvalue weighted by Gasteiger charge is -2.04. The largest absolute Gasteiger partial charge is 0.506 e. The minimum atomic E-state index is -0.119. The average molecular weight is 193 g/mol. The summed E-state index contributed by atoms with van der Waals surface area (Å²) in [7, 11) is 0. The van der Waals surface area contributed by atoms with E-state index in [1.807, 2.05) is 0 Å². The Kier molecular flexibility index (Phi) is 2.16. The highest BCUT2D eigenvalue weighted by molar-refractivity contribution is 6.35. The van der Waals surface area contributed by atoms with Gasteiger partial charge in [0.25, 0.3) is 0 Å². The van der Waals surface area contributed by atoms with Crippen LogP contribution in [-0.4, -0.2) is 10.2 Å². The highest BCUT2D eigenvalue weighted by Gasteiger charge is 2.10. The molecule has 2 nitrogen and oxygen atoms in total. The molecule has 2 N–H and O–H groups in total. The van der Waals surface area contributed by atoms with Gasteiger partial charge in [0, 0.05) is 11.6 Å². The molecule has 60 valence electrons. The second kappa shape index (κ2) is 2.80. The van der Waals surface area contributed by atoms with E-state index in [0.29, 0.717) is 5.56 Å². The second-order valence-electron chi connectivity index (χ2n) is 2.17. The summed E-state index contributed by atoms with van der Waals surface area (Å²) in [5.41, 5.74) is 0.386. The summed E-state index contributed by atoms with van der Waals surface area (Å²) in [6, 6.07) is 1.20. The van der Waals surface area contributed by atoms with Crippen molar-refractivity contribution in [3.8, 4) is 11.5 Å². The Morgan fingerprint density at radius 1 is 1.27 bits per heavy atom. The van der Waals surface area contributed by atoms with Crippen LogP contribution in [0.5, 0.6) is 11.5 Å². The Hall–Kier alpha value is -0.600. The smallest absolute Gasteiger partial charge is 0.138 e. The summed E-state index contributed by atoms with van der Waals surface area (Å²) in [6.07, 6.45) is 0. The normalized spacial score (nSPS) is 10.1. The molecule has 0 aliphatic rings. The number of rotatable bonds is 0. The minimum absolute atomic E-state index is 0.0885. The summed E-state index contributed by atoms with van der Waals surface area (Å²) >= 11 is 11.1. The number of phenols is 2. The predicted octanol–water partition coefficient (Wildman–Crippen LogP) is 2.71. The quantitative estimate of drug-likeness (QED) is 0.621. The maximum Gasteiger partial charge on any atom is 0.138 e. The summed E-state index contributed by atoms with van der Waals surface area (Å²) in [5, 5.41) is 18.5. The summed E-state index contributed by atoms with van der Waals surface area (Å²) in [6.45, 7) is 1.57. The number of halogens is 2. The Bertz CT molecular complexity index is 271. The van der Waals surface area contributed by atoms with Crippen molar-refractivity contribution < 1.29 is 10.2 Å². The van der Waals surface area contributed by atoms with Gasteiger partial charge in [-0.1, -0.05) is 23.2 Å². The fraction of sp³-hybridized carbons (Fsp3) is 0.143. The van der Waals surface area contributed by atoms with E-state index < -0.39 is 0 Å². The molecule has 1 aromatic rings. The maximum absolute atomic E-state index is 9.18. The molecule has 0 aliphatic heterocycles. The molecule has 0 amide bonds. The lowest BCUT2D eigenvalue weighted by molar-refractivity contribution is 0.457. The zero-order valence-corrected chi connectivity index (χ0v) is 7.24. The van der Waals surface area contributed by atoms with E-state index >= 15 is 0 Å². The Balaban J connectivity index is 3.46. The van der Waals surface area contributed by atoms with Crippen LogP contribution in [0.25, 0.3) is 0 Å². The van der Waals surface area contributed by atoms with Crippen LogP contribution in [0, 0.1) is 6.92 Å². The number of aromatic hydroxyl groups is 2. The van der Waals surface area contributed by atoms with Crippen molar-refractivity contribution in [1.29, 1.82) is 0 Å². The first-order valence-corrected chi connectivity index (χ1v) is 3.66. The van der Waals surface area contributed by atoms with E-state index in [1.54, 1.807) is 6.92 Å². The lowest BCUT2D eigenvalue weighted by atomic mass is 10.2. The van der Waals surface area contributed by atoms with E-state index in [9.17, 15) is 5.11 Å². The van der Waals surface area contributed by atoms with E-state index in [0.717, 1.165) is 0 Å². The van der Waals surface area contributed by atoms with Gasteiger partial charge in [-0.15, -0.1) is 0 Å². The SMILES string of the molecule is Cc1c(O)c(Cl)cc(O)c1Cl. The van der Waals surface area contributed by atoms with Crippen molar-refractivity contribution in [2.24, 2.45) is 0 Å². The van der Waals surface area contributed by atoms with E-state index in [-0.39, 0.29) is 21.5 Å². The zero-order chi connectivity index (χ0) is 8.59. The number of hydrogen-bond donors (Lipinski definition) is 2. The summed E-state index contributed by atoms with van der Waals surface area (Å²) in [4.78, 5) is 0. The fourth-order valence-electron chi connectivity index (χ4n) is 0.727. The van der Waals surface area contributed by atoms with Gasteiger partial charge < -0.3 is 10.2 Å². The molecular formula is C7H6Cl2O2. The van der Waals surface area contributed by atoms with Crippen molar-refractivity contribution in [1.82, 2.24) is 0 Å². The third-order valence-electron chi connectivity index (χ3n) is 1.40. The molecule has 4 heteroatoms. The topological polar surface area (TPSA) is 40.5 Å². The molecule has 0 saturated carbocycles. The van der Waals surface area contributed by atoms with Gasteiger partial charge in [0.2, 0.25) is 0 Å². The maximum atomic E-state index is 9.18. The van der Waals surface area contributed by atoms with Gasteiger partial charge in [0.05, 0.1) is 10.0 Å². The van der Waals surface area contributed by atoms with Gasteiger partial charge in [0.1, 0.15) is 11.5 Å². The Labute approximate surface area is 74.0 Å². The standard InChI is InChI=1S/C7H6Cl2O2/c1-3-6(9)5(10)2-4(8)7(3)11/h2,10-11H,1H3. The molecule has 0 fully saturated rings. The van der Waals surface area contributed by atoms with Crippen LogP contribution in [0.4, 0.5) is 0 Å². The summed E-state index contributed by atoms with van der Waals surface area (Å²) < 4.78 is 0. The summed E-state index contributed by atoms with van der Waals surface area (Å²) in [5.74, 6) is -0.207. The van der Waals surface area contributed by atoms with Crippen LogP contribution in [0.3, 0.4) is 0 Å². The van der Waals surface area contributed by atoms with Crippen molar-refractivity contribution in [2.75, 3.05) is 0 Å². The third kappa shape index (κ3) is 1.37. The zero-order valence-electron chi connectivity index (χ0n) is 5.73. The van der Waals surface area contributed by atoms with Gasteiger partial charge >= 0.3 is 0 Å². The predicted molar refractivity (Wildman–Crippen MR) is 44.5 cm³/mol. The minimum Gasteiger partial charge on any atom is -0.506 e. The molecule has 0 radical (unpaired) electrons. The number of benzene rings is 1. The average Bonchev–Trinajstić information content (AvgIpc) is 1.97. The first-order chi connectivity index (χ1) is 5.04. The van der Waals surface area contributed by atoms with Gasteiger partial charge in [-0.2, -0.15) is 0 Å². The lowest BCUT2D eigenvalue weighted by Crippen LogP contribution is -1.79. The van der Waals surface area contributed by atoms with Crippen LogP contribution >= 0.6 is 23.2 Å². The molecular weight excluding hydrogens is 187 g/mol. The highest BCUT2D eigenvalue weighted by Crippen LogP contribution is 2.38. The second-order valence-corrected chi connectivity index (χ2v) is 2.95. The van der Waals surface area contributed by atoms with Crippen molar-refractivity contribution in [3.05, 3.63) is 21.7 Å². The molecule has 0 bridgehead atoms. The molecule has 1 rings (SSSR count). The van der Waals surface area contributed by atoms with Gasteiger partial charge in [-0.25, -0.2) is 0 Å². The number of phenolic OH excluding ortho intramolecular Hbond substituents is 2. The molecule has 0 spiro atoms. The molecule has 0 saturated heterocycles. The highest BCUT2D eigenvalue weighted by atomic mass is 35.5. The third-order valence-corrected chi connectivity index (χ3v) is 2.16. The van der Waals surface area contributed by atoms with Crippen LogP contribution in [0.1, 0.15) is 5.56 Å². The Morgan fingerprint density at radius 2 is 1.82 bits per heavy atom. The van der Waals surface area contributed by atoms with Crippen LogP contribution in [-0.2, 0) is 0 Å². The van der Waals surface area contributed by atoms with Crippen LogP contribution < -0.4 is 0 Å². The first kappa shape index (κ1) is 8.50. The van der Waals surface area contributed by atoms with Gasteiger partial charge in [-0.05, 0) is 6.92 Å². The van der Waals surface area contributed by atoms with Gasteiger partial charge in [-0.3, -0.25) is 0 Å². The molecule has 11 heavy (non-hydrogen) atoms. The van der Waals surface area contributed by atoms with E-state index in [2.05, 4.69) is 0 Å². The number of hydrogen-bond acceptors (Lipinski definition) is 2. The molecule has 0 atom stereocenters. The fourth-order valence-corrected chi connectivity index (χ4v) is 1.12. The van der Waals surface area contributed by atoms with E-state index in [1.165, 1.54) is 6.07 Å². The van der Waals surface area contributed by atoms with Crippen molar-refractivity contribution in [2.45, 2.75) is 6.92 Å². The first-order valence-electron chi connectivity index (χ1n) is 2.90. The molecule has 0 aliphatic carbocycles. The van der Waals surface area contributed by atoms with Crippen molar-refractivity contribution in [3.63, 3.8) is 0 Å². The monoisotopic (exact) mass is 192 g/mol. The molecule has 0 heterocycles. The molecule has 1 aromatic carbocycles. The molecule has 0 aromatic heterocycles. The van der Waals surface area contributed by atoms with Gasteiger partial charge in [0.15, 0.2) is 0 Å². The van der Waals surface area contributed by atoms with Crippen LogP contribution in [0.2, 0.25) is 10.0 Å². The van der Waals surface area contributed by atoms with Crippen molar-refractivity contribution >= 4 is 23.2 Å². The van der Waals surface area contributed by atoms with Crippen LogP contribution in [0.15, 0.2) is 6.07 Å². The van der Waals surface area contributed by atoms with E-state index in [4.69, 9.17) is 28.3 Å².